The molecule has 1 aromatic carbocycles. The van der Waals surface area contributed by atoms with Crippen LogP contribution in [0.5, 0.6) is 0 Å². The van der Waals surface area contributed by atoms with Gasteiger partial charge in [0.25, 0.3) is 0 Å². The summed E-state index contributed by atoms with van der Waals surface area (Å²) in [5.41, 5.74) is 0.148. The Morgan fingerprint density at radius 1 is 1.21 bits per heavy atom. The predicted octanol–water partition coefficient (Wildman–Crippen LogP) is 3.35. The summed E-state index contributed by atoms with van der Waals surface area (Å²) in [7, 11) is 0. The van der Waals surface area contributed by atoms with Gasteiger partial charge in [0.2, 0.25) is 5.91 Å². The average molecular weight is 337 g/mol. The molecule has 2 aliphatic heterocycles. The lowest BCUT2D eigenvalue weighted by molar-refractivity contribution is -0.138. The van der Waals surface area contributed by atoms with Gasteiger partial charge in [-0.2, -0.15) is 13.2 Å². The van der Waals surface area contributed by atoms with Crippen molar-refractivity contribution in [2.75, 3.05) is 0 Å². The number of rotatable bonds is 0. The molecule has 3 nitrogen and oxygen atoms in total. The van der Waals surface area contributed by atoms with Gasteiger partial charge in [-0.05, 0) is 42.0 Å². The summed E-state index contributed by atoms with van der Waals surface area (Å²) in [6, 6.07) is 3.80. The smallest absolute Gasteiger partial charge is 0.334 e. The monoisotopic (exact) mass is 337 g/mol. The van der Waals surface area contributed by atoms with Crippen molar-refractivity contribution in [3.63, 3.8) is 0 Å². The summed E-state index contributed by atoms with van der Waals surface area (Å²) in [5, 5.41) is 0. The van der Waals surface area contributed by atoms with Gasteiger partial charge in [-0.15, -0.1) is 0 Å². The molecule has 3 atom stereocenters. The lowest BCUT2D eigenvalue weighted by Crippen LogP contribution is -2.40. The van der Waals surface area contributed by atoms with Crippen molar-refractivity contribution < 1.29 is 22.8 Å². The maximum Gasteiger partial charge on any atom is 0.416 e. The van der Waals surface area contributed by atoms with Gasteiger partial charge in [-0.1, -0.05) is 13.0 Å². The lowest BCUT2D eigenvalue weighted by Gasteiger charge is -2.33. The molecule has 0 aromatic heterocycles. The number of carbonyl (C=O) groups excluding carboxylic acids is 2. The molecule has 0 N–H and O–H groups in total. The fourth-order valence-corrected chi connectivity index (χ4v) is 4.77. The van der Waals surface area contributed by atoms with Crippen molar-refractivity contribution >= 4 is 11.7 Å². The number of nitrogens with zero attached hydrogens (tertiary/aromatic N) is 1. The van der Waals surface area contributed by atoms with Crippen LogP contribution in [0.4, 0.5) is 13.2 Å². The van der Waals surface area contributed by atoms with Gasteiger partial charge in [-0.3, -0.25) is 9.59 Å². The second-order valence-corrected chi connectivity index (χ2v) is 7.35. The van der Waals surface area contributed by atoms with Gasteiger partial charge in [0.15, 0.2) is 0 Å². The number of alkyl halides is 3. The summed E-state index contributed by atoms with van der Waals surface area (Å²) in [4.78, 5) is 26.5. The minimum atomic E-state index is -4.38. The summed E-state index contributed by atoms with van der Waals surface area (Å²) in [6.07, 6.45) is -2.53. The van der Waals surface area contributed by atoms with Crippen LogP contribution in [-0.4, -0.2) is 22.6 Å². The molecule has 3 aliphatic rings. The van der Waals surface area contributed by atoms with Crippen molar-refractivity contribution in [3.8, 4) is 0 Å². The Hall–Kier alpha value is -1.85. The van der Waals surface area contributed by atoms with E-state index in [-0.39, 0.29) is 36.6 Å². The lowest BCUT2D eigenvalue weighted by atomic mass is 9.73. The van der Waals surface area contributed by atoms with Crippen LogP contribution in [0.1, 0.15) is 42.9 Å². The van der Waals surface area contributed by atoms with E-state index in [1.807, 2.05) is 6.92 Å². The van der Waals surface area contributed by atoms with Crippen molar-refractivity contribution in [2.45, 2.75) is 51.4 Å². The third-order valence-corrected chi connectivity index (χ3v) is 6.20. The minimum Gasteiger partial charge on any atom is -0.334 e. The zero-order valence-electron chi connectivity index (χ0n) is 13.3. The number of Topliss-reactive ketones (excluding diaryl/α,β-unsaturated/α-hetero) is 1. The fraction of sp³-hybridized carbons (Fsp3) is 0.556. The maximum atomic E-state index is 13.0. The third kappa shape index (κ3) is 2.04. The molecule has 4 rings (SSSR count). The van der Waals surface area contributed by atoms with Gasteiger partial charge in [0.1, 0.15) is 5.78 Å². The Morgan fingerprint density at radius 2 is 1.96 bits per heavy atom. The van der Waals surface area contributed by atoms with Crippen LogP contribution in [-0.2, 0) is 28.7 Å². The molecule has 2 fully saturated rings. The Morgan fingerprint density at radius 3 is 2.58 bits per heavy atom. The van der Waals surface area contributed by atoms with E-state index in [9.17, 15) is 22.8 Å². The molecule has 3 unspecified atom stereocenters. The fourth-order valence-electron chi connectivity index (χ4n) is 4.77. The quantitative estimate of drug-likeness (QED) is 0.728. The summed E-state index contributed by atoms with van der Waals surface area (Å²) in [5.74, 6) is 0.118. The Bertz CT molecular complexity index is 742. The van der Waals surface area contributed by atoms with E-state index in [1.54, 1.807) is 4.90 Å². The first kappa shape index (κ1) is 15.7. The molecule has 0 bridgehead atoms. The SMILES string of the molecule is CC1C2Cc3ccc(C(F)(F)F)cc3CN2C(=O)C12CCC(=O)C2. The number of halogens is 3. The highest BCUT2D eigenvalue weighted by atomic mass is 19.4. The number of hydrogen-bond acceptors (Lipinski definition) is 2. The normalized spacial score (nSPS) is 32.4. The van der Waals surface area contributed by atoms with Gasteiger partial charge in [0.05, 0.1) is 11.0 Å². The molecule has 1 spiro atoms. The molecule has 1 saturated carbocycles. The van der Waals surface area contributed by atoms with E-state index in [0.717, 1.165) is 17.7 Å². The summed E-state index contributed by atoms with van der Waals surface area (Å²) in [6.45, 7) is 2.22. The van der Waals surface area contributed by atoms with Gasteiger partial charge >= 0.3 is 6.18 Å². The van der Waals surface area contributed by atoms with Crippen LogP contribution in [0.3, 0.4) is 0 Å². The van der Waals surface area contributed by atoms with Crippen molar-refractivity contribution in [3.05, 3.63) is 34.9 Å². The third-order valence-electron chi connectivity index (χ3n) is 6.20. The Kier molecular flexibility index (Phi) is 3.15. The number of benzene rings is 1. The van der Waals surface area contributed by atoms with Gasteiger partial charge < -0.3 is 4.90 Å². The number of hydrogen-bond donors (Lipinski definition) is 0. The molecule has 0 radical (unpaired) electrons. The highest BCUT2D eigenvalue weighted by molar-refractivity contribution is 5.95. The molecule has 2 heterocycles. The number of fused-ring (bicyclic) bond motifs is 2. The first-order chi connectivity index (χ1) is 11.2. The zero-order chi connectivity index (χ0) is 17.3. The second kappa shape index (κ2) is 4.83. The first-order valence-corrected chi connectivity index (χ1v) is 8.24. The first-order valence-electron chi connectivity index (χ1n) is 8.24. The van der Waals surface area contributed by atoms with Crippen LogP contribution in [0.25, 0.3) is 0 Å². The number of amides is 1. The van der Waals surface area contributed by atoms with Crippen LogP contribution in [0.2, 0.25) is 0 Å². The number of ketones is 1. The molecule has 6 heteroatoms. The van der Waals surface area contributed by atoms with E-state index >= 15 is 0 Å². The molecule has 1 aromatic rings. The highest BCUT2D eigenvalue weighted by Gasteiger charge is 2.60. The molecule has 1 aliphatic carbocycles. The molecule has 1 saturated heterocycles. The standard InChI is InChI=1S/C18H18F3NO2/c1-10-15-7-11-2-3-13(18(19,20)21)6-12(11)9-22(15)16(24)17(10)5-4-14(23)8-17/h2-3,6,10,15H,4-5,7-9H2,1H3. The molecule has 24 heavy (non-hydrogen) atoms. The van der Waals surface area contributed by atoms with Crippen molar-refractivity contribution in [2.24, 2.45) is 11.3 Å². The maximum absolute atomic E-state index is 13.0. The van der Waals surface area contributed by atoms with Crippen LogP contribution in [0.15, 0.2) is 18.2 Å². The second-order valence-electron chi connectivity index (χ2n) is 7.35. The topological polar surface area (TPSA) is 37.4 Å². The zero-order valence-corrected chi connectivity index (χ0v) is 13.3. The highest BCUT2D eigenvalue weighted by Crippen LogP contribution is 2.53. The van der Waals surface area contributed by atoms with Crippen LogP contribution >= 0.6 is 0 Å². The molecular weight excluding hydrogens is 319 g/mol. The predicted molar refractivity (Wildman–Crippen MR) is 79.9 cm³/mol. The largest absolute Gasteiger partial charge is 0.416 e. The Labute approximate surface area is 137 Å². The summed E-state index contributed by atoms with van der Waals surface area (Å²) >= 11 is 0. The summed E-state index contributed by atoms with van der Waals surface area (Å²) < 4.78 is 38.8. The van der Waals surface area contributed by atoms with E-state index < -0.39 is 17.2 Å². The Balaban J connectivity index is 1.70. The van der Waals surface area contributed by atoms with E-state index in [0.29, 0.717) is 24.8 Å². The molecule has 128 valence electrons. The van der Waals surface area contributed by atoms with Gasteiger partial charge in [-0.25, -0.2) is 0 Å². The van der Waals surface area contributed by atoms with E-state index in [4.69, 9.17) is 0 Å². The van der Waals surface area contributed by atoms with E-state index in [2.05, 4.69) is 0 Å². The molecule has 1 amide bonds. The molecular formula is C18H18F3NO2. The van der Waals surface area contributed by atoms with Crippen LogP contribution in [0, 0.1) is 11.3 Å². The van der Waals surface area contributed by atoms with Crippen molar-refractivity contribution in [1.29, 1.82) is 0 Å². The van der Waals surface area contributed by atoms with E-state index in [1.165, 1.54) is 6.07 Å². The van der Waals surface area contributed by atoms with Crippen LogP contribution < -0.4 is 0 Å². The average Bonchev–Trinajstić information content (AvgIpc) is 3.01. The van der Waals surface area contributed by atoms with Gasteiger partial charge in [0, 0.05) is 25.4 Å². The minimum absolute atomic E-state index is 0.0207. The number of carbonyl (C=O) groups is 2. The van der Waals surface area contributed by atoms with Crippen molar-refractivity contribution in [1.82, 2.24) is 4.90 Å².